The van der Waals surface area contributed by atoms with Gasteiger partial charge in [0.1, 0.15) is 11.5 Å². The van der Waals surface area contributed by atoms with E-state index in [1.54, 1.807) is 12.1 Å². The van der Waals surface area contributed by atoms with Gasteiger partial charge in [0, 0.05) is 11.2 Å². The maximum absolute atomic E-state index is 9.73. The standard InChI is InChI=1S/C26H28BrO2.C5H5.Fe/c1-2-25(20-8-4-5-9-20)26(21-10-14-23(28)15-11-21)22-12-16-24(17-13-22)29-19-7-3-6-18-27;1-2-4-5-3-1;/h4-5,8-17,28H,2-3,6-7,18-19H2,1H3;1-5H;/q;;+2/b26-25+;;. The van der Waals surface area contributed by atoms with Crippen LogP contribution in [0.5, 0.6) is 11.5 Å². The zero-order valence-electron chi connectivity index (χ0n) is 20.1. The van der Waals surface area contributed by atoms with E-state index in [-0.39, 0.29) is 22.8 Å². The minimum Gasteiger partial charge on any atom is -0.508 e. The van der Waals surface area contributed by atoms with Crippen LogP contribution in [0.4, 0.5) is 0 Å². The fourth-order valence-corrected chi connectivity index (χ4v) is 4.24. The van der Waals surface area contributed by atoms with Gasteiger partial charge in [-0.3, -0.25) is 0 Å². The average Bonchev–Trinajstić information content (AvgIpc) is 3.61. The van der Waals surface area contributed by atoms with Crippen molar-refractivity contribution in [1.82, 2.24) is 0 Å². The molecule has 0 bridgehead atoms. The summed E-state index contributed by atoms with van der Waals surface area (Å²) < 4.78 is 5.90. The second kappa shape index (κ2) is 17.3. The predicted molar refractivity (Wildman–Crippen MR) is 146 cm³/mol. The molecule has 0 aliphatic heterocycles. The van der Waals surface area contributed by atoms with Crippen molar-refractivity contribution in [3.05, 3.63) is 129 Å². The van der Waals surface area contributed by atoms with E-state index in [1.165, 1.54) is 29.9 Å². The van der Waals surface area contributed by atoms with Gasteiger partial charge < -0.3 is 9.84 Å². The van der Waals surface area contributed by atoms with Gasteiger partial charge in [-0.15, -0.1) is 0 Å². The Morgan fingerprint density at radius 1 is 0.743 bits per heavy atom. The smallest absolute Gasteiger partial charge is 0.508 e. The summed E-state index contributed by atoms with van der Waals surface area (Å²) >= 11 is 3.46. The van der Waals surface area contributed by atoms with Crippen LogP contribution >= 0.6 is 15.9 Å². The molecule has 0 spiro atoms. The third kappa shape index (κ3) is 9.98. The molecule has 0 heterocycles. The van der Waals surface area contributed by atoms with Gasteiger partial charge in [0.2, 0.25) is 0 Å². The number of benzene rings is 2. The number of hydrogen-bond donors (Lipinski definition) is 1. The molecule has 4 rings (SSSR count). The van der Waals surface area contributed by atoms with E-state index in [9.17, 15) is 5.11 Å². The summed E-state index contributed by atoms with van der Waals surface area (Å²) in [6.07, 6.45) is 22.8. The minimum atomic E-state index is 0. The molecule has 2 nitrogen and oxygen atoms in total. The van der Waals surface area contributed by atoms with Crippen molar-refractivity contribution in [2.75, 3.05) is 11.9 Å². The first-order chi connectivity index (χ1) is 16.7. The molecule has 2 saturated carbocycles. The molecule has 182 valence electrons. The molecule has 2 aliphatic rings. The van der Waals surface area contributed by atoms with Gasteiger partial charge in [0.25, 0.3) is 0 Å². The molecule has 35 heavy (non-hydrogen) atoms. The molecule has 0 unspecified atom stereocenters. The Balaban J connectivity index is 0.000000640. The Kier molecular flexibility index (Phi) is 14.8. The fourth-order valence-electron chi connectivity index (χ4n) is 3.85. The molecule has 2 aliphatic carbocycles. The van der Waals surface area contributed by atoms with Gasteiger partial charge >= 0.3 is 17.1 Å². The van der Waals surface area contributed by atoms with Gasteiger partial charge in [-0.25, -0.2) is 0 Å². The first kappa shape index (κ1) is 30.0. The van der Waals surface area contributed by atoms with E-state index < -0.39 is 0 Å². The Morgan fingerprint density at radius 3 is 1.80 bits per heavy atom. The Hall–Kier alpha value is -1.22. The van der Waals surface area contributed by atoms with Gasteiger partial charge in [0.05, 0.1) is 6.61 Å². The minimum absolute atomic E-state index is 0. The maximum Gasteiger partial charge on any atom is 2.00 e. The van der Waals surface area contributed by atoms with E-state index in [4.69, 9.17) is 4.74 Å². The van der Waals surface area contributed by atoms with E-state index in [2.05, 4.69) is 72.8 Å². The van der Waals surface area contributed by atoms with Crippen LogP contribution in [0.2, 0.25) is 0 Å². The quantitative estimate of drug-likeness (QED) is 0.178. The van der Waals surface area contributed by atoms with Crippen LogP contribution in [-0.2, 0) is 17.1 Å². The third-order valence-electron chi connectivity index (χ3n) is 5.57. The van der Waals surface area contributed by atoms with Crippen molar-refractivity contribution < 1.29 is 26.9 Å². The topological polar surface area (TPSA) is 29.5 Å². The monoisotopic (exact) mass is 572 g/mol. The molecule has 0 atom stereocenters. The molecule has 2 aromatic rings. The number of allylic oxidation sites excluding steroid dienone is 1. The molecule has 10 radical (unpaired) electrons. The second-order valence-electron chi connectivity index (χ2n) is 8.01. The number of alkyl halides is 1. The van der Waals surface area contributed by atoms with Crippen LogP contribution in [0.1, 0.15) is 43.7 Å². The van der Waals surface area contributed by atoms with Gasteiger partial charge in [-0.05, 0) is 124 Å². The zero-order chi connectivity index (χ0) is 24.0. The van der Waals surface area contributed by atoms with Crippen molar-refractivity contribution in [3.63, 3.8) is 0 Å². The molecule has 0 saturated heterocycles. The van der Waals surface area contributed by atoms with Crippen LogP contribution in [0.25, 0.3) is 5.57 Å². The number of ether oxygens (including phenoxy) is 1. The number of phenols is 1. The summed E-state index contributed by atoms with van der Waals surface area (Å²) in [4.78, 5) is 0. The molecule has 2 fully saturated rings. The van der Waals surface area contributed by atoms with Gasteiger partial charge in [0.15, 0.2) is 0 Å². The number of rotatable bonds is 10. The number of aromatic hydroxyl groups is 1. The number of halogens is 1. The van der Waals surface area contributed by atoms with Crippen LogP contribution < -0.4 is 4.74 Å². The van der Waals surface area contributed by atoms with Crippen molar-refractivity contribution >= 4 is 21.5 Å². The zero-order valence-corrected chi connectivity index (χ0v) is 22.8. The van der Waals surface area contributed by atoms with E-state index in [1.807, 2.05) is 44.2 Å². The summed E-state index contributed by atoms with van der Waals surface area (Å²) in [7, 11) is 0. The Labute approximate surface area is 232 Å². The molecule has 1 N–H and O–H groups in total. The SMILES string of the molecule is CC/C([C]1[CH][CH][CH][CH]1)=C(/c1ccc(O)cc1)c1ccc(OCCCCCBr)cc1.[CH]1[CH][CH][CH][CH]1.[Fe+2]. The van der Waals surface area contributed by atoms with Crippen LogP contribution in [0.3, 0.4) is 0 Å². The summed E-state index contributed by atoms with van der Waals surface area (Å²) in [6, 6.07) is 15.8. The molecule has 4 heteroatoms. The summed E-state index contributed by atoms with van der Waals surface area (Å²) in [5, 5.41) is 10.8. The normalized spacial score (nSPS) is 16.2. The summed E-state index contributed by atoms with van der Waals surface area (Å²) in [5.41, 5.74) is 4.75. The largest absolute Gasteiger partial charge is 2.00 e. The number of hydrogen-bond acceptors (Lipinski definition) is 2. The van der Waals surface area contributed by atoms with E-state index in [0.717, 1.165) is 41.7 Å². The first-order valence-electron chi connectivity index (χ1n) is 11.9. The number of phenolic OH excluding ortho intramolecular Hbond substituents is 1. The Bertz CT molecular complexity index is 843. The summed E-state index contributed by atoms with van der Waals surface area (Å²) in [5.74, 6) is 2.43. The van der Waals surface area contributed by atoms with Crippen LogP contribution in [-0.4, -0.2) is 17.0 Å². The average molecular weight is 573 g/mol. The Morgan fingerprint density at radius 2 is 1.29 bits per heavy atom. The third-order valence-corrected chi connectivity index (χ3v) is 6.13. The predicted octanol–water partition coefficient (Wildman–Crippen LogP) is 7.97. The molecular formula is C31H33BrFeO2+2. The molecule has 0 aromatic heterocycles. The molecule has 0 amide bonds. The van der Waals surface area contributed by atoms with Crippen LogP contribution in [0, 0.1) is 63.7 Å². The van der Waals surface area contributed by atoms with E-state index >= 15 is 0 Å². The van der Waals surface area contributed by atoms with Gasteiger partial charge in [-0.2, -0.15) is 0 Å². The summed E-state index contributed by atoms with van der Waals surface area (Å²) in [6.45, 7) is 2.94. The van der Waals surface area contributed by atoms with E-state index in [0.29, 0.717) is 0 Å². The van der Waals surface area contributed by atoms with Crippen molar-refractivity contribution in [2.45, 2.75) is 32.6 Å². The van der Waals surface area contributed by atoms with Crippen molar-refractivity contribution in [1.29, 1.82) is 0 Å². The second-order valence-corrected chi connectivity index (χ2v) is 8.81. The van der Waals surface area contributed by atoms with Gasteiger partial charge in [-0.1, -0.05) is 52.7 Å². The van der Waals surface area contributed by atoms with Crippen molar-refractivity contribution in [3.8, 4) is 11.5 Å². The van der Waals surface area contributed by atoms with Crippen molar-refractivity contribution in [2.24, 2.45) is 0 Å². The maximum atomic E-state index is 9.73. The van der Waals surface area contributed by atoms with Crippen LogP contribution in [0.15, 0.2) is 54.1 Å². The fraction of sp³-hybridized carbons (Fsp3) is 0.226. The first-order valence-corrected chi connectivity index (χ1v) is 13.1. The molecule has 2 aromatic carbocycles. The number of unbranched alkanes of at least 4 members (excludes halogenated alkanes) is 2. The molecular weight excluding hydrogens is 540 g/mol.